The SMILES string of the molecule is CCCCCCCCCCCCCCCC[N+](C)(C)Cc1ccccc1.[CH2]c1ccccc1. The smallest absolute Gasteiger partial charge is 0.104 e. The molecule has 0 heterocycles. The lowest BCUT2D eigenvalue weighted by atomic mass is 10.0. The molecule has 0 bridgehead atoms. The molecule has 1 heteroatoms. The topological polar surface area (TPSA) is 0 Å². The number of hydrogen-bond donors (Lipinski definition) is 0. The van der Waals surface area contributed by atoms with Crippen LogP contribution in [0.3, 0.4) is 0 Å². The van der Waals surface area contributed by atoms with Crippen molar-refractivity contribution in [1.82, 2.24) is 0 Å². The Labute approximate surface area is 207 Å². The average molecular weight is 452 g/mol. The molecule has 0 unspecified atom stereocenters. The van der Waals surface area contributed by atoms with Gasteiger partial charge in [-0.25, -0.2) is 0 Å². The normalized spacial score (nSPS) is 11.2. The maximum absolute atomic E-state index is 3.72. The molecule has 0 aliphatic carbocycles. The Balaban J connectivity index is 0.000000657. The lowest BCUT2D eigenvalue weighted by Crippen LogP contribution is -2.39. The second-order valence-corrected chi connectivity index (χ2v) is 10.4. The van der Waals surface area contributed by atoms with Crippen LogP contribution in [0.4, 0.5) is 0 Å². The Bertz CT molecular complexity index is 647. The Kier molecular flexibility index (Phi) is 17.7. The van der Waals surface area contributed by atoms with Crippen molar-refractivity contribution in [2.24, 2.45) is 0 Å². The van der Waals surface area contributed by atoms with Crippen LogP contribution in [0.1, 0.15) is 108 Å². The zero-order valence-corrected chi connectivity index (χ0v) is 22.2. The third-order valence-corrected chi connectivity index (χ3v) is 6.41. The zero-order chi connectivity index (χ0) is 24.0. The largest absolute Gasteiger partial charge is 0.325 e. The molecule has 2 aromatic rings. The number of rotatable bonds is 17. The van der Waals surface area contributed by atoms with Gasteiger partial charge >= 0.3 is 0 Å². The highest BCUT2D eigenvalue weighted by atomic mass is 15.3. The van der Waals surface area contributed by atoms with Crippen molar-refractivity contribution in [3.63, 3.8) is 0 Å². The lowest BCUT2D eigenvalue weighted by molar-refractivity contribution is -0.903. The van der Waals surface area contributed by atoms with Crippen molar-refractivity contribution in [3.8, 4) is 0 Å². The second-order valence-electron chi connectivity index (χ2n) is 10.4. The molecular weight excluding hydrogens is 398 g/mol. The van der Waals surface area contributed by atoms with Gasteiger partial charge in [0.15, 0.2) is 0 Å². The molecule has 0 aromatic heterocycles. The van der Waals surface area contributed by atoms with Crippen molar-refractivity contribution in [2.75, 3.05) is 20.6 Å². The summed E-state index contributed by atoms with van der Waals surface area (Å²) >= 11 is 0. The van der Waals surface area contributed by atoms with Crippen molar-refractivity contribution >= 4 is 0 Å². The molecule has 1 radical (unpaired) electrons. The molecule has 0 atom stereocenters. The maximum atomic E-state index is 3.72. The minimum absolute atomic E-state index is 1.07. The Morgan fingerprint density at radius 3 is 1.33 bits per heavy atom. The summed E-state index contributed by atoms with van der Waals surface area (Å²) in [6.07, 6.45) is 20.2. The average Bonchev–Trinajstić information content (AvgIpc) is 2.80. The Morgan fingerprint density at radius 2 is 0.939 bits per heavy atom. The van der Waals surface area contributed by atoms with Crippen LogP contribution < -0.4 is 0 Å². The molecule has 2 aromatic carbocycles. The van der Waals surface area contributed by atoms with Gasteiger partial charge in [-0.05, 0) is 25.3 Å². The fourth-order valence-corrected chi connectivity index (χ4v) is 4.37. The molecule has 0 amide bonds. The molecule has 0 saturated carbocycles. The first-order valence-electron chi connectivity index (χ1n) is 13.8. The van der Waals surface area contributed by atoms with Gasteiger partial charge in [0.1, 0.15) is 6.54 Å². The van der Waals surface area contributed by atoms with Gasteiger partial charge in [-0.15, -0.1) is 0 Å². The predicted molar refractivity (Wildman–Crippen MR) is 148 cm³/mol. The summed E-state index contributed by atoms with van der Waals surface area (Å²) in [5, 5.41) is 0. The summed E-state index contributed by atoms with van der Waals surface area (Å²) < 4.78 is 1.11. The van der Waals surface area contributed by atoms with Crippen molar-refractivity contribution in [1.29, 1.82) is 0 Å². The number of hydrogen-bond acceptors (Lipinski definition) is 0. The lowest BCUT2D eigenvalue weighted by Gasteiger charge is -2.30. The zero-order valence-electron chi connectivity index (χ0n) is 22.2. The van der Waals surface area contributed by atoms with Gasteiger partial charge in [-0.2, -0.15) is 0 Å². The van der Waals surface area contributed by atoms with Crippen molar-refractivity contribution < 1.29 is 4.48 Å². The quantitative estimate of drug-likeness (QED) is 0.166. The molecular formula is C32H53N+. The molecule has 0 saturated heterocycles. The van der Waals surface area contributed by atoms with Crippen molar-refractivity contribution in [3.05, 3.63) is 78.7 Å². The van der Waals surface area contributed by atoms with E-state index in [1.165, 1.54) is 102 Å². The van der Waals surface area contributed by atoms with E-state index in [2.05, 4.69) is 58.3 Å². The van der Waals surface area contributed by atoms with E-state index in [1.807, 2.05) is 30.3 Å². The van der Waals surface area contributed by atoms with Crippen molar-refractivity contribution in [2.45, 2.75) is 103 Å². The summed E-state index contributed by atoms with van der Waals surface area (Å²) in [5.41, 5.74) is 2.53. The second kappa shape index (κ2) is 19.8. The molecule has 2 rings (SSSR count). The third-order valence-electron chi connectivity index (χ3n) is 6.41. The Hall–Kier alpha value is -1.60. The summed E-state index contributed by atoms with van der Waals surface area (Å²) in [6.45, 7) is 8.47. The van der Waals surface area contributed by atoms with E-state index >= 15 is 0 Å². The molecule has 0 fully saturated rings. The van der Waals surface area contributed by atoms with Crippen LogP contribution in [-0.4, -0.2) is 25.1 Å². The molecule has 185 valence electrons. The van der Waals surface area contributed by atoms with Gasteiger partial charge in [0.25, 0.3) is 0 Å². The van der Waals surface area contributed by atoms with E-state index < -0.39 is 0 Å². The van der Waals surface area contributed by atoms with Gasteiger partial charge in [0.2, 0.25) is 0 Å². The highest BCUT2D eigenvalue weighted by Crippen LogP contribution is 2.15. The van der Waals surface area contributed by atoms with Crippen LogP contribution in [0.25, 0.3) is 0 Å². The van der Waals surface area contributed by atoms with Gasteiger partial charge < -0.3 is 4.48 Å². The summed E-state index contributed by atoms with van der Waals surface area (Å²) in [7, 11) is 4.74. The minimum atomic E-state index is 1.07. The van der Waals surface area contributed by atoms with E-state index in [1.54, 1.807) is 0 Å². The molecule has 33 heavy (non-hydrogen) atoms. The van der Waals surface area contributed by atoms with Gasteiger partial charge in [-0.1, -0.05) is 145 Å². The van der Waals surface area contributed by atoms with Gasteiger partial charge in [0.05, 0.1) is 20.6 Å². The van der Waals surface area contributed by atoms with Crippen LogP contribution in [0, 0.1) is 6.92 Å². The van der Waals surface area contributed by atoms with E-state index in [9.17, 15) is 0 Å². The van der Waals surface area contributed by atoms with Crippen LogP contribution in [0.15, 0.2) is 60.7 Å². The molecule has 0 aliphatic heterocycles. The summed E-state index contributed by atoms with van der Waals surface area (Å²) in [6, 6.07) is 20.8. The highest BCUT2D eigenvalue weighted by Gasteiger charge is 2.14. The fraction of sp³-hybridized carbons (Fsp3) is 0.594. The Morgan fingerprint density at radius 1 is 0.545 bits per heavy atom. The van der Waals surface area contributed by atoms with Gasteiger partial charge in [-0.3, -0.25) is 0 Å². The number of nitrogens with zero attached hydrogens (tertiary/aromatic N) is 1. The first kappa shape index (κ1) is 29.4. The predicted octanol–water partition coefficient (Wildman–Crippen LogP) is 9.61. The fourth-order valence-electron chi connectivity index (χ4n) is 4.37. The first-order valence-corrected chi connectivity index (χ1v) is 13.8. The molecule has 0 spiro atoms. The van der Waals surface area contributed by atoms with Crippen LogP contribution in [0.5, 0.6) is 0 Å². The van der Waals surface area contributed by atoms with E-state index in [0.717, 1.165) is 16.6 Å². The van der Waals surface area contributed by atoms with E-state index in [-0.39, 0.29) is 0 Å². The standard InChI is InChI=1S/C25H46N.C7H7/c1-4-5-6-7-8-9-10-11-12-13-14-15-16-20-23-26(2,3)24-25-21-18-17-19-22-25;1-7-5-3-2-4-6-7/h17-19,21-22H,4-16,20,23-24H2,1-3H3;2-6H,1H2/q+1;. The molecule has 1 nitrogen and oxygen atoms in total. The summed E-state index contributed by atoms with van der Waals surface area (Å²) in [5.74, 6) is 0. The van der Waals surface area contributed by atoms with E-state index in [0.29, 0.717) is 0 Å². The third kappa shape index (κ3) is 18.5. The number of quaternary nitrogens is 1. The highest BCUT2D eigenvalue weighted by molar-refractivity contribution is 5.16. The number of benzene rings is 2. The minimum Gasteiger partial charge on any atom is -0.325 e. The van der Waals surface area contributed by atoms with Crippen LogP contribution in [0.2, 0.25) is 0 Å². The van der Waals surface area contributed by atoms with E-state index in [4.69, 9.17) is 0 Å². The van der Waals surface area contributed by atoms with Crippen LogP contribution >= 0.6 is 0 Å². The first-order chi connectivity index (χ1) is 16.0. The molecule has 0 aliphatic rings. The maximum Gasteiger partial charge on any atom is 0.104 e. The molecule has 0 N–H and O–H groups in total. The van der Waals surface area contributed by atoms with Gasteiger partial charge in [0, 0.05) is 5.56 Å². The van der Waals surface area contributed by atoms with Crippen LogP contribution in [-0.2, 0) is 6.54 Å². The monoisotopic (exact) mass is 451 g/mol. The summed E-state index contributed by atoms with van der Waals surface area (Å²) in [4.78, 5) is 0. The number of unbranched alkanes of at least 4 members (excludes halogenated alkanes) is 13.